The first-order chi connectivity index (χ1) is 25.1. The van der Waals surface area contributed by atoms with Crippen LogP contribution in [-0.2, 0) is 0 Å². The highest BCUT2D eigenvalue weighted by atomic mass is 32.1. The number of ketones is 4. The highest BCUT2D eigenvalue weighted by Gasteiger charge is 2.35. The standard InChI is InChI=1S/C45H27NO4S2/c1-22-12-23(2)39(24(3)13-22)46-37-20-29(18-35-40(47)31-14-25-8-4-5-9-26(25)15-32(31)41(35)48)51-44(37)45-38(46)21-30(52-45)19-36-42(49)33-16-27-10-6-7-11-28(27)17-34(33)43(36)50/h4-21H,1-3H3. The summed E-state index contributed by atoms with van der Waals surface area (Å²) in [4.78, 5) is 56.2. The highest BCUT2D eigenvalue weighted by Crippen LogP contribution is 2.45. The van der Waals surface area contributed by atoms with Crippen LogP contribution in [0.2, 0.25) is 0 Å². The van der Waals surface area contributed by atoms with Gasteiger partial charge in [0.2, 0.25) is 0 Å². The van der Waals surface area contributed by atoms with Crippen LogP contribution in [0.1, 0.15) is 67.9 Å². The van der Waals surface area contributed by atoms with Crippen molar-refractivity contribution < 1.29 is 19.2 Å². The molecule has 0 bridgehead atoms. The lowest BCUT2D eigenvalue weighted by Gasteiger charge is -2.14. The third-order valence-corrected chi connectivity index (χ3v) is 12.6. The van der Waals surface area contributed by atoms with Crippen molar-refractivity contribution in [3.63, 3.8) is 0 Å². The van der Waals surface area contributed by atoms with E-state index in [-0.39, 0.29) is 34.3 Å². The zero-order valence-corrected chi connectivity index (χ0v) is 29.9. The van der Waals surface area contributed by atoms with Gasteiger partial charge in [-0.3, -0.25) is 19.2 Å². The van der Waals surface area contributed by atoms with Crippen molar-refractivity contribution in [3.8, 4) is 5.69 Å². The quantitative estimate of drug-likeness (QED) is 0.135. The van der Waals surface area contributed by atoms with Gasteiger partial charge in [-0.25, -0.2) is 0 Å². The Kier molecular flexibility index (Phi) is 6.50. The molecule has 3 aromatic heterocycles. The molecule has 10 rings (SSSR count). The highest BCUT2D eigenvalue weighted by molar-refractivity contribution is 7.28. The number of fused-ring (bicyclic) bond motifs is 7. The van der Waals surface area contributed by atoms with Crippen LogP contribution >= 0.6 is 22.7 Å². The monoisotopic (exact) mass is 709 g/mol. The number of carbonyl (C=O) groups is 4. The summed E-state index contributed by atoms with van der Waals surface area (Å²) in [5.41, 5.74) is 8.49. The minimum atomic E-state index is -0.257. The second-order valence-electron chi connectivity index (χ2n) is 13.7. The average Bonchev–Trinajstić information content (AvgIpc) is 3.90. The van der Waals surface area contributed by atoms with Gasteiger partial charge in [-0.1, -0.05) is 66.2 Å². The van der Waals surface area contributed by atoms with E-state index in [4.69, 9.17) is 0 Å². The predicted molar refractivity (Wildman–Crippen MR) is 212 cm³/mol. The zero-order chi connectivity index (χ0) is 35.6. The number of hydrogen-bond donors (Lipinski definition) is 0. The van der Waals surface area contributed by atoms with Crippen molar-refractivity contribution in [1.82, 2.24) is 4.57 Å². The maximum absolute atomic E-state index is 13.7. The summed E-state index contributed by atoms with van der Waals surface area (Å²) >= 11 is 3.06. The smallest absolute Gasteiger partial charge is 0.197 e. The Labute approximate surface area is 305 Å². The first-order valence-corrected chi connectivity index (χ1v) is 18.6. The van der Waals surface area contributed by atoms with Crippen LogP contribution in [-0.4, -0.2) is 27.7 Å². The molecule has 0 amide bonds. The summed E-state index contributed by atoms with van der Waals surface area (Å²) in [6.07, 6.45) is 3.47. The molecule has 0 radical (unpaired) electrons. The number of allylic oxidation sites excluding steroid dienone is 2. The largest absolute Gasteiger partial charge is 0.307 e. The van der Waals surface area contributed by atoms with E-state index in [1.165, 1.54) is 28.2 Å². The van der Waals surface area contributed by atoms with Gasteiger partial charge >= 0.3 is 0 Å². The molecule has 3 heterocycles. The molecular formula is C45H27NO4S2. The molecule has 0 aliphatic heterocycles. The molecule has 0 unspecified atom stereocenters. The van der Waals surface area contributed by atoms with Crippen LogP contribution < -0.4 is 0 Å². The number of aromatic nitrogens is 1. The van der Waals surface area contributed by atoms with E-state index in [0.29, 0.717) is 22.3 Å². The van der Waals surface area contributed by atoms with Crippen molar-refractivity contribution in [1.29, 1.82) is 0 Å². The molecule has 0 spiro atoms. The first-order valence-electron chi connectivity index (χ1n) is 17.0. The lowest BCUT2D eigenvalue weighted by atomic mass is 10.0. The number of aryl methyl sites for hydroxylation is 3. The minimum Gasteiger partial charge on any atom is -0.307 e. The Morgan fingerprint density at radius 1 is 0.481 bits per heavy atom. The van der Waals surface area contributed by atoms with Crippen LogP contribution in [0.4, 0.5) is 0 Å². The zero-order valence-electron chi connectivity index (χ0n) is 28.3. The van der Waals surface area contributed by atoms with E-state index >= 15 is 0 Å². The second-order valence-corrected chi connectivity index (χ2v) is 15.9. The molecule has 0 saturated carbocycles. The minimum absolute atomic E-state index is 0.168. The number of thiophene rings is 2. The summed E-state index contributed by atoms with van der Waals surface area (Å²) in [7, 11) is 0. The second kappa shape index (κ2) is 11.0. The molecule has 0 fully saturated rings. The molecule has 248 valence electrons. The lowest BCUT2D eigenvalue weighted by Crippen LogP contribution is -2.01. The predicted octanol–water partition coefficient (Wildman–Crippen LogP) is 11.1. The summed E-state index contributed by atoms with van der Waals surface area (Å²) in [6, 6.07) is 31.2. The van der Waals surface area contributed by atoms with E-state index in [9.17, 15) is 19.2 Å². The Hall–Kier alpha value is -6.02. The number of Topliss-reactive ketones (excluding diaryl/α,β-unsaturated/α-hetero) is 4. The third-order valence-electron chi connectivity index (χ3n) is 10.3. The maximum Gasteiger partial charge on any atom is 0.197 e. The molecule has 0 atom stereocenters. The average molecular weight is 710 g/mol. The van der Waals surface area contributed by atoms with Crippen LogP contribution in [0.25, 0.3) is 59.8 Å². The van der Waals surface area contributed by atoms with E-state index < -0.39 is 0 Å². The fourth-order valence-corrected chi connectivity index (χ4v) is 10.4. The van der Waals surface area contributed by atoms with Gasteiger partial charge in [-0.05, 0) is 102 Å². The van der Waals surface area contributed by atoms with E-state index in [1.54, 1.807) is 12.2 Å². The molecular weight excluding hydrogens is 683 g/mol. The molecule has 5 aromatic carbocycles. The molecule has 52 heavy (non-hydrogen) atoms. The van der Waals surface area contributed by atoms with Crippen LogP contribution in [0.3, 0.4) is 0 Å². The van der Waals surface area contributed by atoms with Crippen LogP contribution in [0, 0.1) is 20.8 Å². The van der Waals surface area contributed by atoms with Crippen molar-refractivity contribution in [3.05, 3.63) is 157 Å². The van der Waals surface area contributed by atoms with Gasteiger partial charge in [0.05, 0.1) is 37.3 Å². The molecule has 2 aliphatic rings. The van der Waals surface area contributed by atoms with Gasteiger partial charge in [0, 0.05) is 32.0 Å². The van der Waals surface area contributed by atoms with Gasteiger partial charge in [-0.2, -0.15) is 0 Å². The van der Waals surface area contributed by atoms with Gasteiger partial charge in [0.1, 0.15) is 0 Å². The Bertz CT molecular complexity index is 2760. The van der Waals surface area contributed by atoms with E-state index in [2.05, 4.69) is 49.6 Å². The number of rotatable bonds is 3. The first kappa shape index (κ1) is 30.8. The Morgan fingerprint density at radius 2 is 0.827 bits per heavy atom. The Morgan fingerprint density at radius 3 is 1.17 bits per heavy atom. The summed E-state index contributed by atoms with van der Waals surface area (Å²) < 4.78 is 4.26. The summed E-state index contributed by atoms with van der Waals surface area (Å²) in [5, 5.41) is 3.69. The molecule has 0 N–H and O–H groups in total. The van der Waals surface area contributed by atoms with Crippen LogP contribution in [0.15, 0.2) is 108 Å². The third kappa shape index (κ3) is 4.39. The summed E-state index contributed by atoms with van der Waals surface area (Å²) in [6.45, 7) is 6.29. The van der Waals surface area contributed by atoms with E-state index in [0.717, 1.165) is 68.5 Å². The lowest BCUT2D eigenvalue weighted by molar-refractivity contribution is 0.0975. The topological polar surface area (TPSA) is 73.2 Å². The molecule has 5 nitrogen and oxygen atoms in total. The molecule has 0 saturated heterocycles. The van der Waals surface area contributed by atoms with Gasteiger partial charge in [0.25, 0.3) is 0 Å². The van der Waals surface area contributed by atoms with Crippen molar-refractivity contribution in [2.45, 2.75) is 20.8 Å². The van der Waals surface area contributed by atoms with Gasteiger partial charge in [0.15, 0.2) is 23.1 Å². The fraction of sp³-hybridized carbons (Fsp3) is 0.0667. The van der Waals surface area contributed by atoms with Gasteiger partial charge < -0.3 is 4.57 Å². The number of nitrogens with zero attached hydrogens (tertiary/aromatic N) is 1. The number of hydrogen-bond acceptors (Lipinski definition) is 6. The molecule has 8 aromatic rings. The SMILES string of the molecule is Cc1cc(C)c(-n2c3cc(C=C4C(=O)c5cc6ccccc6cc5C4=O)sc3c3sc(C=C4C(=O)c5cc6ccccc6cc5C4=O)cc32)c(C)c1. The fourth-order valence-electron chi connectivity index (χ4n) is 8.06. The van der Waals surface area contributed by atoms with Crippen molar-refractivity contribution in [2.24, 2.45) is 0 Å². The van der Waals surface area contributed by atoms with E-state index in [1.807, 2.05) is 72.8 Å². The van der Waals surface area contributed by atoms with Crippen molar-refractivity contribution in [2.75, 3.05) is 0 Å². The number of benzene rings is 5. The maximum atomic E-state index is 13.7. The van der Waals surface area contributed by atoms with Crippen molar-refractivity contribution >= 4 is 99.9 Å². The van der Waals surface area contributed by atoms with Crippen LogP contribution in [0.5, 0.6) is 0 Å². The molecule has 2 aliphatic carbocycles. The van der Waals surface area contributed by atoms with Gasteiger partial charge in [-0.15, -0.1) is 22.7 Å². The summed E-state index contributed by atoms with van der Waals surface area (Å²) in [5.74, 6) is -1.03. The Balaban J connectivity index is 1.13. The normalized spacial score (nSPS) is 14.1. The number of carbonyl (C=O) groups excluding carboxylic acids is 4. The molecule has 7 heteroatoms.